The van der Waals surface area contributed by atoms with E-state index in [0.29, 0.717) is 14.0 Å². The molecule has 0 aliphatic rings. The van der Waals surface area contributed by atoms with E-state index >= 15 is 0 Å². The minimum absolute atomic E-state index is 0.0164. The van der Waals surface area contributed by atoms with Gasteiger partial charge in [0.1, 0.15) is 5.69 Å². The quantitative estimate of drug-likeness (QED) is 0.708. The standard InChI is InChI=1S/C10H5ClF3IN2/c11-4-1-5-7(16)3-8(10(12,13)14)17-9(5)6(15)2-4/h1-3H,(H2,16,17). The van der Waals surface area contributed by atoms with Crippen molar-refractivity contribution >= 4 is 50.8 Å². The van der Waals surface area contributed by atoms with Gasteiger partial charge < -0.3 is 5.73 Å². The van der Waals surface area contributed by atoms with Crippen LogP contribution in [0.3, 0.4) is 0 Å². The van der Waals surface area contributed by atoms with Gasteiger partial charge in [-0.3, -0.25) is 0 Å². The number of pyridine rings is 1. The highest BCUT2D eigenvalue weighted by molar-refractivity contribution is 14.1. The van der Waals surface area contributed by atoms with E-state index in [1.807, 2.05) is 22.6 Å². The zero-order chi connectivity index (χ0) is 12.8. The summed E-state index contributed by atoms with van der Waals surface area (Å²) in [5, 5.41) is 0.838. The summed E-state index contributed by atoms with van der Waals surface area (Å²) in [4.78, 5) is 3.58. The number of nitrogen functional groups attached to an aromatic ring is 1. The minimum Gasteiger partial charge on any atom is -0.398 e. The molecule has 1 heterocycles. The highest BCUT2D eigenvalue weighted by atomic mass is 127. The van der Waals surface area contributed by atoms with Crippen LogP contribution in [0.15, 0.2) is 18.2 Å². The topological polar surface area (TPSA) is 38.9 Å². The molecule has 0 aliphatic heterocycles. The van der Waals surface area contributed by atoms with Gasteiger partial charge in [-0.2, -0.15) is 13.2 Å². The molecule has 0 saturated heterocycles. The predicted molar refractivity (Wildman–Crippen MR) is 68.9 cm³/mol. The summed E-state index contributed by atoms with van der Waals surface area (Å²) in [7, 11) is 0. The fraction of sp³-hybridized carbons (Fsp3) is 0.100. The van der Waals surface area contributed by atoms with Crippen molar-refractivity contribution in [2.24, 2.45) is 0 Å². The highest BCUT2D eigenvalue weighted by Crippen LogP contribution is 2.34. The fourth-order valence-electron chi connectivity index (χ4n) is 1.42. The maximum absolute atomic E-state index is 12.6. The van der Waals surface area contributed by atoms with E-state index in [1.54, 1.807) is 0 Å². The summed E-state index contributed by atoms with van der Waals surface area (Å²) >= 11 is 7.69. The highest BCUT2D eigenvalue weighted by Gasteiger charge is 2.33. The summed E-state index contributed by atoms with van der Waals surface area (Å²) in [5.41, 5.74) is 4.82. The molecule has 17 heavy (non-hydrogen) atoms. The summed E-state index contributed by atoms with van der Waals surface area (Å²) in [6.07, 6.45) is -4.51. The van der Waals surface area contributed by atoms with Crippen LogP contribution in [-0.2, 0) is 6.18 Å². The van der Waals surface area contributed by atoms with Gasteiger partial charge in [-0.1, -0.05) is 11.6 Å². The maximum Gasteiger partial charge on any atom is 0.433 e. The Bertz CT molecular complexity index is 598. The monoisotopic (exact) mass is 372 g/mol. The lowest BCUT2D eigenvalue weighted by molar-refractivity contribution is -0.140. The predicted octanol–water partition coefficient (Wildman–Crippen LogP) is 4.09. The molecule has 0 radical (unpaired) electrons. The van der Waals surface area contributed by atoms with Gasteiger partial charge in [-0.15, -0.1) is 0 Å². The second-order valence-corrected chi connectivity index (χ2v) is 4.98. The van der Waals surface area contributed by atoms with Crippen LogP contribution in [0.1, 0.15) is 5.69 Å². The van der Waals surface area contributed by atoms with E-state index in [0.717, 1.165) is 6.07 Å². The number of nitrogens with two attached hydrogens (primary N) is 1. The van der Waals surface area contributed by atoms with Gasteiger partial charge in [-0.25, -0.2) is 4.98 Å². The number of halogens is 5. The summed E-state index contributed by atoms with van der Waals surface area (Å²) in [6.45, 7) is 0. The second-order valence-electron chi connectivity index (χ2n) is 3.38. The molecule has 0 aliphatic carbocycles. The van der Waals surface area contributed by atoms with Crippen LogP contribution in [0.25, 0.3) is 10.9 Å². The van der Waals surface area contributed by atoms with Gasteiger partial charge in [0, 0.05) is 19.7 Å². The van der Waals surface area contributed by atoms with Crippen LogP contribution in [0.5, 0.6) is 0 Å². The summed E-state index contributed by atoms with van der Waals surface area (Å²) in [5.74, 6) is 0. The summed E-state index contributed by atoms with van der Waals surface area (Å²) in [6, 6.07) is 3.85. The first-order valence-electron chi connectivity index (χ1n) is 4.41. The SMILES string of the molecule is Nc1cc(C(F)(F)F)nc2c(I)cc(Cl)cc12. The Morgan fingerprint density at radius 3 is 2.47 bits per heavy atom. The molecule has 2 N–H and O–H groups in total. The van der Waals surface area contributed by atoms with E-state index in [4.69, 9.17) is 17.3 Å². The molecule has 0 bridgehead atoms. The van der Waals surface area contributed by atoms with Gasteiger partial charge in [0.25, 0.3) is 0 Å². The van der Waals surface area contributed by atoms with E-state index in [2.05, 4.69) is 4.98 Å². The zero-order valence-corrected chi connectivity index (χ0v) is 11.1. The van der Waals surface area contributed by atoms with Crippen molar-refractivity contribution in [3.8, 4) is 0 Å². The molecule has 1 aromatic heterocycles. The lowest BCUT2D eigenvalue weighted by atomic mass is 10.1. The molecular formula is C10H5ClF3IN2. The molecular weight excluding hydrogens is 367 g/mol. The lowest BCUT2D eigenvalue weighted by Gasteiger charge is -2.10. The Hall–Kier alpha value is -0.760. The maximum atomic E-state index is 12.6. The Kier molecular flexibility index (Phi) is 3.11. The molecule has 0 fully saturated rings. The van der Waals surface area contributed by atoms with Crippen LogP contribution >= 0.6 is 34.2 Å². The fourth-order valence-corrected chi connectivity index (χ4v) is 2.57. The molecule has 0 amide bonds. The molecule has 2 rings (SSSR count). The van der Waals surface area contributed by atoms with Crippen molar-refractivity contribution in [2.45, 2.75) is 6.18 Å². The van der Waals surface area contributed by atoms with Crippen LogP contribution in [0, 0.1) is 3.57 Å². The zero-order valence-electron chi connectivity index (χ0n) is 8.15. The Balaban J connectivity index is 2.83. The Morgan fingerprint density at radius 2 is 1.88 bits per heavy atom. The molecule has 2 nitrogen and oxygen atoms in total. The van der Waals surface area contributed by atoms with Gasteiger partial charge in [-0.05, 0) is 40.8 Å². The van der Waals surface area contributed by atoms with Crippen molar-refractivity contribution < 1.29 is 13.2 Å². The number of hydrogen-bond donors (Lipinski definition) is 1. The lowest BCUT2D eigenvalue weighted by Crippen LogP contribution is -2.09. The average molecular weight is 373 g/mol. The van der Waals surface area contributed by atoms with Gasteiger partial charge in [0.2, 0.25) is 0 Å². The van der Waals surface area contributed by atoms with Crippen LogP contribution in [-0.4, -0.2) is 4.98 Å². The third kappa shape index (κ3) is 2.42. The van der Waals surface area contributed by atoms with E-state index in [-0.39, 0.29) is 11.2 Å². The molecule has 90 valence electrons. The molecule has 7 heteroatoms. The normalized spacial score (nSPS) is 12.1. The Labute approximate surface area is 113 Å². The van der Waals surface area contributed by atoms with Crippen LogP contribution < -0.4 is 5.73 Å². The first-order valence-corrected chi connectivity index (χ1v) is 5.87. The molecule has 2 aromatic rings. The van der Waals surface area contributed by atoms with Crippen LogP contribution in [0.2, 0.25) is 5.02 Å². The number of anilines is 1. The third-order valence-corrected chi connectivity index (χ3v) is 3.19. The molecule has 1 aromatic carbocycles. The van der Waals surface area contributed by atoms with Crippen molar-refractivity contribution in [2.75, 3.05) is 5.73 Å². The number of aromatic nitrogens is 1. The first-order chi connectivity index (χ1) is 7.79. The van der Waals surface area contributed by atoms with E-state index < -0.39 is 11.9 Å². The van der Waals surface area contributed by atoms with Crippen LogP contribution in [0.4, 0.5) is 18.9 Å². The van der Waals surface area contributed by atoms with Crippen molar-refractivity contribution in [1.82, 2.24) is 4.98 Å². The van der Waals surface area contributed by atoms with Crippen molar-refractivity contribution in [3.63, 3.8) is 0 Å². The number of nitrogens with zero attached hydrogens (tertiary/aromatic N) is 1. The van der Waals surface area contributed by atoms with E-state index in [1.165, 1.54) is 12.1 Å². The van der Waals surface area contributed by atoms with E-state index in [9.17, 15) is 13.2 Å². The van der Waals surface area contributed by atoms with Crippen molar-refractivity contribution in [3.05, 3.63) is 32.5 Å². The van der Waals surface area contributed by atoms with Gasteiger partial charge in [0.05, 0.1) is 5.52 Å². The molecule has 0 saturated carbocycles. The van der Waals surface area contributed by atoms with Gasteiger partial charge >= 0.3 is 6.18 Å². The van der Waals surface area contributed by atoms with Crippen molar-refractivity contribution in [1.29, 1.82) is 0 Å². The smallest absolute Gasteiger partial charge is 0.398 e. The molecule has 0 unspecified atom stereocenters. The number of benzene rings is 1. The largest absolute Gasteiger partial charge is 0.433 e. The average Bonchev–Trinajstić information content (AvgIpc) is 2.17. The number of rotatable bonds is 0. The molecule has 0 atom stereocenters. The number of hydrogen-bond acceptors (Lipinski definition) is 2. The number of fused-ring (bicyclic) bond motifs is 1. The number of alkyl halides is 3. The summed E-state index contributed by atoms with van der Waals surface area (Å²) < 4.78 is 38.2. The third-order valence-electron chi connectivity index (χ3n) is 2.15. The minimum atomic E-state index is -4.51. The van der Waals surface area contributed by atoms with Gasteiger partial charge in [0.15, 0.2) is 0 Å². The second kappa shape index (κ2) is 4.16. The Morgan fingerprint density at radius 1 is 1.24 bits per heavy atom. The molecule has 0 spiro atoms. The first kappa shape index (κ1) is 12.7.